The van der Waals surface area contributed by atoms with Crippen LogP contribution < -0.4 is 10.6 Å². The number of rotatable bonds is 3. The highest BCUT2D eigenvalue weighted by atomic mass is 15.0. The molecule has 0 aromatic carbocycles. The van der Waals surface area contributed by atoms with Crippen LogP contribution >= 0.6 is 0 Å². The van der Waals surface area contributed by atoms with Crippen LogP contribution in [0.3, 0.4) is 0 Å². The van der Waals surface area contributed by atoms with Crippen molar-refractivity contribution in [3.8, 4) is 0 Å². The van der Waals surface area contributed by atoms with E-state index in [4.69, 9.17) is 0 Å². The summed E-state index contributed by atoms with van der Waals surface area (Å²) in [5.74, 6) is 0.896. The van der Waals surface area contributed by atoms with Crippen LogP contribution in [0, 0.1) is 11.3 Å². The minimum absolute atomic E-state index is 0.502. The Morgan fingerprint density at radius 3 is 2.75 bits per heavy atom. The van der Waals surface area contributed by atoms with Crippen molar-refractivity contribution in [3.63, 3.8) is 0 Å². The van der Waals surface area contributed by atoms with E-state index in [2.05, 4.69) is 36.6 Å². The summed E-state index contributed by atoms with van der Waals surface area (Å²) in [5.41, 5.74) is 3.78. The van der Waals surface area contributed by atoms with Crippen molar-refractivity contribution in [2.24, 2.45) is 11.3 Å². The lowest BCUT2D eigenvalue weighted by molar-refractivity contribution is 0.344. The number of piperidine rings is 1. The van der Waals surface area contributed by atoms with Crippen LogP contribution in [0.25, 0.3) is 0 Å². The molecule has 0 radical (unpaired) electrons. The van der Waals surface area contributed by atoms with E-state index in [0.717, 1.165) is 12.0 Å². The maximum atomic E-state index is 3.90. The van der Waals surface area contributed by atoms with Gasteiger partial charge in [0.2, 0.25) is 0 Å². The molecule has 2 heteroatoms. The van der Waals surface area contributed by atoms with Gasteiger partial charge in [-0.1, -0.05) is 12.2 Å². The Hall–Kier alpha value is -0.600. The van der Waals surface area contributed by atoms with Gasteiger partial charge in [0.1, 0.15) is 0 Å². The summed E-state index contributed by atoms with van der Waals surface area (Å²) in [6.07, 6.45) is 12.9. The molecule has 0 aromatic heterocycles. The molecule has 1 saturated heterocycles. The highest BCUT2D eigenvalue weighted by Gasteiger charge is 2.57. The van der Waals surface area contributed by atoms with Crippen LogP contribution in [0.2, 0.25) is 0 Å². The molecule has 3 rings (SSSR count). The van der Waals surface area contributed by atoms with Gasteiger partial charge in [-0.2, -0.15) is 0 Å². The molecule has 2 nitrogen and oxygen atoms in total. The summed E-state index contributed by atoms with van der Waals surface area (Å²) in [4.78, 5) is 0. The second-order valence-corrected chi connectivity index (χ2v) is 6.88. The standard InChI is InChI=1S/C18H30N2/c1-3-15-6-5-9-18(16(15)4-2)12-17(18)20-13-14-7-10-19-11-8-14/h3-4,14,17,19-20H,5-13H2,1-2H3/b15-3-,16-4+. The van der Waals surface area contributed by atoms with E-state index in [9.17, 15) is 0 Å². The molecule has 3 aliphatic rings. The molecule has 2 N–H and O–H groups in total. The lowest BCUT2D eigenvalue weighted by atomic mass is 9.77. The summed E-state index contributed by atoms with van der Waals surface area (Å²) in [6.45, 7) is 8.10. The van der Waals surface area contributed by atoms with Gasteiger partial charge >= 0.3 is 0 Å². The van der Waals surface area contributed by atoms with Crippen LogP contribution in [-0.2, 0) is 0 Å². The largest absolute Gasteiger partial charge is 0.317 e. The van der Waals surface area contributed by atoms with Gasteiger partial charge in [-0.15, -0.1) is 0 Å². The summed E-state index contributed by atoms with van der Waals surface area (Å²) < 4.78 is 0. The Balaban J connectivity index is 1.58. The average molecular weight is 274 g/mol. The monoisotopic (exact) mass is 274 g/mol. The van der Waals surface area contributed by atoms with Crippen molar-refractivity contribution >= 4 is 0 Å². The highest BCUT2D eigenvalue weighted by Crippen LogP contribution is 2.60. The first-order chi connectivity index (χ1) is 9.80. The molecule has 3 fully saturated rings. The zero-order chi connectivity index (χ0) is 14.0. The van der Waals surface area contributed by atoms with Gasteiger partial charge in [-0.3, -0.25) is 0 Å². The number of nitrogens with one attached hydrogen (secondary N) is 2. The van der Waals surface area contributed by atoms with Crippen molar-refractivity contribution in [2.75, 3.05) is 19.6 Å². The maximum absolute atomic E-state index is 3.90. The van der Waals surface area contributed by atoms with Crippen molar-refractivity contribution in [3.05, 3.63) is 23.3 Å². The summed E-state index contributed by atoms with van der Waals surface area (Å²) >= 11 is 0. The molecule has 20 heavy (non-hydrogen) atoms. The second-order valence-electron chi connectivity index (χ2n) is 6.88. The zero-order valence-corrected chi connectivity index (χ0v) is 13.2. The van der Waals surface area contributed by atoms with E-state index >= 15 is 0 Å². The molecule has 2 aliphatic carbocycles. The van der Waals surface area contributed by atoms with Crippen LogP contribution in [0.4, 0.5) is 0 Å². The molecule has 0 amide bonds. The predicted octanol–water partition coefficient (Wildman–Crippen LogP) is 3.41. The number of allylic oxidation sites excluding steroid dienone is 3. The smallest absolute Gasteiger partial charge is 0.0174 e. The Kier molecular flexibility index (Phi) is 4.32. The molecule has 0 bridgehead atoms. The third-order valence-corrected chi connectivity index (χ3v) is 5.78. The Morgan fingerprint density at radius 2 is 2.05 bits per heavy atom. The topological polar surface area (TPSA) is 24.1 Å². The fourth-order valence-electron chi connectivity index (χ4n) is 4.50. The van der Waals surface area contributed by atoms with Gasteiger partial charge in [0, 0.05) is 11.5 Å². The van der Waals surface area contributed by atoms with Crippen molar-refractivity contribution in [1.82, 2.24) is 10.6 Å². The van der Waals surface area contributed by atoms with Crippen LogP contribution in [0.5, 0.6) is 0 Å². The molecule has 112 valence electrons. The Labute approximate surface area is 124 Å². The summed E-state index contributed by atoms with van der Waals surface area (Å²) in [6, 6.07) is 0.749. The predicted molar refractivity (Wildman–Crippen MR) is 85.8 cm³/mol. The molecule has 0 aromatic rings. The molecule has 1 aliphatic heterocycles. The molecule has 1 spiro atoms. The molecule has 2 atom stereocenters. The Morgan fingerprint density at radius 1 is 1.25 bits per heavy atom. The Bertz CT molecular complexity index is 404. The van der Waals surface area contributed by atoms with Gasteiger partial charge in [0.05, 0.1) is 0 Å². The van der Waals surface area contributed by atoms with E-state index in [1.807, 2.05) is 0 Å². The van der Waals surface area contributed by atoms with Crippen molar-refractivity contribution in [2.45, 2.75) is 58.4 Å². The first-order valence-corrected chi connectivity index (χ1v) is 8.56. The quantitative estimate of drug-likeness (QED) is 0.824. The third kappa shape index (κ3) is 2.60. The fraction of sp³-hybridized carbons (Fsp3) is 0.778. The first kappa shape index (κ1) is 14.3. The normalized spacial score (nSPS) is 38.8. The van der Waals surface area contributed by atoms with Crippen LogP contribution in [0.1, 0.15) is 52.4 Å². The third-order valence-electron chi connectivity index (χ3n) is 5.78. The van der Waals surface area contributed by atoms with Gasteiger partial charge in [-0.05, 0) is 89.1 Å². The van der Waals surface area contributed by atoms with Gasteiger partial charge in [-0.25, -0.2) is 0 Å². The highest BCUT2D eigenvalue weighted by molar-refractivity contribution is 5.45. The van der Waals surface area contributed by atoms with E-state index < -0.39 is 0 Å². The van der Waals surface area contributed by atoms with Crippen molar-refractivity contribution in [1.29, 1.82) is 0 Å². The lowest BCUT2D eigenvalue weighted by Gasteiger charge is -2.30. The molecule has 2 saturated carbocycles. The molecule has 2 unspecified atom stereocenters. The SMILES string of the molecule is C/C=C1/CCCC2(CC2NCC2CCNCC2)/C1=C/C. The molecule has 1 heterocycles. The minimum Gasteiger partial charge on any atom is -0.317 e. The maximum Gasteiger partial charge on any atom is 0.0174 e. The first-order valence-electron chi connectivity index (χ1n) is 8.56. The van der Waals surface area contributed by atoms with E-state index in [0.29, 0.717) is 5.41 Å². The van der Waals surface area contributed by atoms with Crippen LogP contribution in [0.15, 0.2) is 23.3 Å². The fourth-order valence-corrected chi connectivity index (χ4v) is 4.50. The van der Waals surface area contributed by atoms with Crippen LogP contribution in [-0.4, -0.2) is 25.7 Å². The van der Waals surface area contributed by atoms with E-state index in [1.54, 1.807) is 11.1 Å². The van der Waals surface area contributed by atoms with Crippen molar-refractivity contribution < 1.29 is 0 Å². The number of hydrogen-bond acceptors (Lipinski definition) is 2. The minimum atomic E-state index is 0.502. The van der Waals surface area contributed by atoms with Gasteiger partial charge in [0.25, 0.3) is 0 Å². The van der Waals surface area contributed by atoms with E-state index in [-0.39, 0.29) is 0 Å². The zero-order valence-electron chi connectivity index (χ0n) is 13.2. The summed E-state index contributed by atoms with van der Waals surface area (Å²) in [5, 5.41) is 7.36. The van der Waals surface area contributed by atoms with Gasteiger partial charge in [0.15, 0.2) is 0 Å². The van der Waals surface area contributed by atoms with Gasteiger partial charge < -0.3 is 10.6 Å². The molecular formula is C18H30N2. The molecular weight excluding hydrogens is 244 g/mol. The lowest BCUT2D eigenvalue weighted by Crippen LogP contribution is -2.36. The summed E-state index contributed by atoms with van der Waals surface area (Å²) in [7, 11) is 0. The number of hydrogen-bond donors (Lipinski definition) is 2. The second kappa shape index (κ2) is 6.03. The van der Waals surface area contributed by atoms with E-state index in [1.165, 1.54) is 58.2 Å². The average Bonchev–Trinajstić information content (AvgIpc) is 3.19.